The van der Waals surface area contributed by atoms with Crippen LogP contribution in [0, 0.1) is 5.92 Å². The smallest absolute Gasteiger partial charge is 0.0978 e. The molecule has 0 saturated heterocycles. The van der Waals surface area contributed by atoms with E-state index >= 15 is 0 Å². The van der Waals surface area contributed by atoms with Gasteiger partial charge in [-0.3, -0.25) is 0 Å². The number of hydrogen-bond acceptors (Lipinski definition) is 0. The van der Waals surface area contributed by atoms with E-state index < -0.39 is 21.9 Å². The molecule has 0 nitrogen and oxygen atoms in total. The monoisotopic (exact) mass is 240 g/mol. The molecule has 90 valence electrons. The molecule has 0 spiro atoms. The van der Waals surface area contributed by atoms with Crippen LogP contribution in [0.25, 0.3) is 0 Å². The predicted molar refractivity (Wildman–Crippen MR) is 51.3 cm³/mol. The van der Waals surface area contributed by atoms with Gasteiger partial charge in [-0.05, 0) is 18.8 Å². The molecule has 0 aliphatic carbocycles. The first-order valence-corrected chi connectivity index (χ1v) is 6.82. The van der Waals surface area contributed by atoms with Crippen LogP contribution < -0.4 is 0 Å². The summed E-state index contributed by atoms with van der Waals surface area (Å²) in [5.41, 5.74) is 0. The van der Waals surface area contributed by atoms with Crippen molar-refractivity contribution >= 4 is 10.2 Å². The number of hydrogen-bond donors (Lipinski definition) is 0. The Morgan fingerprint density at radius 3 is 1.43 bits per heavy atom. The van der Waals surface area contributed by atoms with Gasteiger partial charge in [-0.1, -0.05) is 46.1 Å². The quantitative estimate of drug-likeness (QED) is 0.537. The van der Waals surface area contributed by atoms with Crippen molar-refractivity contribution in [2.45, 2.75) is 39.5 Å². The summed E-state index contributed by atoms with van der Waals surface area (Å²) in [5.74, 6) is -2.80. The highest BCUT2D eigenvalue weighted by molar-refractivity contribution is 8.45. The normalized spacial score (nSPS) is 18.0. The summed E-state index contributed by atoms with van der Waals surface area (Å²) >= 11 is 0. The zero-order valence-electron chi connectivity index (χ0n) is 8.41. The average molecular weight is 240 g/mol. The van der Waals surface area contributed by atoms with Gasteiger partial charge < -0.3 is 0 Å². The van der Waals surface area contributed by atoms with E-state index in [-0.39, 0.29) is 12.8 Å². The zero-order valence-corrected chi connectivity index (χ0v) is 9.23. The van der Waals surface area contributed by atoms with E-state index in [9.17, 15) is 19.4 Å². The molecule has 0 aromatic heterocycles. The van der Waals surface area contributed by atoms with Crippen LogP contribution in [0.3, 0.4) is 0 Å². The van der Waals surface area contributed by atoms with Crippen molar-refractivity contribution in [1.29, 1.82) is 0 Å². The fourth-order valence-corrected chi connectivity index (χ4v) is 2.80. The third kappa shape index (κ3) is 8.59. The van der Waals surface area contributed by atoms with Gasteiger partial charge in [-0.2, -0.15) is 0 Å². The Hall–Kier alpha value is -0.0000000000000000555. The maximum absolute atomic E-state index is 12.1. The van der Waals surface area contributed by atoms with Gasteiger partial charge in [0.25, 0.3) is 10.2 Å². The Morgan fingerprint density at radius 1 is 0.857 bits per heavy atom. The highest BCUT2D eigenvalue weighted by atomic mass is 32.5. The summed E-state index contributed by atoms with van der Waals surface area (Å²) in [6.45, 7) is 3.40. The molecule has 0 aliphatic heterocycles. The SMILES string of the molecule is CCCC(CCC)CS(F)(F)(F)(F)F. The molecule has 14 heavy (non-hydrogen) atoms. The summed E-state index contributed by atoms with van der Waals surface area (Å²) in [6, 6.07) is 0. The van der Waals surface area contributed by atoms with Crippen molar-refractivity contribution in [2.75, 3.05) is 5.75 Å². The summed E-state index contributed by atoms with van der Waals surface area (Å²) < 4.78 is 60.6. The summed E-state index contributed by atoms with van der Waals surface area (Å²) in [4.78, 5) is 0. The average Bonchev–Trinajstić information content (AvgIpc) is 1.81. The van der Waals surface area contributed by atoms with Crippen LogP contribution in [0.15, 0.2) is 0 Å². The van der Waals surface area contributed by atoms with Gasteiger partial charge in [0.15, 0.2) is 0 Å². The Balaban J connectivity index is 4.45. The molecular formula is C8H17F5S. The van der Waals surface area contributed by atoms with Gasteiger partial charge >= 0.3 is 0 Å². The second-order valence-corrected chi connectivity index (χ2v) is 6.33. The molecule has 0 amide bonds. The molecule has 0 rings (SSSR count). The van der Waals surface area contributed by atoms with Gasteiger partial charge in [0.05, 0.1) is 5.75 Å². The van der Waals surface area contributed by atoms with Crippen LogP contribution >= 0.6 is 10.2 Å². The van der Waals surface area contributed by atoms with Crippen molar-refractivity contribution in [3.63, 3.8) is 0 Å². The molecule has 0 atom stereocenters. The van der Waals surface area contributed by atoms with Crippen LogP contribution in [-0.2, 0) is 0 Å². The van der Waals surface area contributed by atoms with E-state index in [0.717, 1.165) is 0 Å². The molecule has 0 aliphatic rings. The number of rotatable bonds is 6. The zero-order chi connectivity index (χ0) is 11.5. The predicted octanol–water partition coefficient (Wildman–Crippen LogP) is 5.50. The lowest BCUT2D eigenvalue weighted by Gasteiger charge is -2.42. The van der Waals surface area contributed by atoms with E-state index in [0.29, 0.717) is 12.8 Å². The molecule has 0 heterocycles. The lowest BCUT2D eigenvalue weighted by molar-refractivity contribution is 0.336. The van der Waals surface area contributed by atoms with Crippen LogP contribution in [0.4, 0.5) is 19.4 Å². The van der Waals surface area contributed by atoms with E-state index in [1.165, 1.54) is 0 Å². The highest BCUT2D eigenvalue weighted by Gasteiger charge is 2.63. The first kappa shape index (κ1) is 14.0. The molecular weight excluding hydrogens is 223 g/mol. The van der Waals surface area contributed by atoms with Crippen molar-refractivity contribution in [3.05, 3.63) is 0 Å². The fourth-order valence-electron chi connectivity index (χ4n) is 1.57. The largest absolute Gasteiger partial charge is 0.286 e. The summed E-state index contributed by atoms with van der Waals surface area (Å²) in [6.07, 6.45) is 1.47. The van der Waals surface area contributed by atoms with Gasteiger partial charge in [-0.15, -0.1) is 0 Å². The van der Waals surface area contributed by atoms with Crippen molar-refractivity contribution in [2.24, 2.45) is 5.92 Å². The third-order valence-corrected chi connectivity index (χ3v) is 3.05. The number of halogens is 5. The molecule has 0 unspecified atom stereocenters. The summed E-state index contributed by atoms with van der Waals surface area (Å²) in [5, 5.41) is 0. The van der Waals surface area contributed by atoms with Gasteiger partial charge in [-0.25, -0.2) is 0 Å². The molecule has 0 N–H and O–H groups in total. The first-order valence-electron chi connectivity index (χ1n) is 4.70. The van der Waals surface area contributed by atoms with Crippen molar-refractivity contribution in [1.82, 2.24) is 0 Å². The minimum Gasteiger partial charge on any atom is -0.0978 e. The van der Waals surface area contributed by atoms with Crippen LogP contribution in [0.5, 0.6) is 0 Å². The maximum atomic E-state index is 12.1. The molecule has 0 aromatic rings. The lowest BCUT2D eigenvalue weighted by Crippen LogP contribution is -2.19. The van der Waals surface area contributed by atoms with E-state index in [2.05, 4.69) is 0 Å². The minimum absolute atomic E-state index is 0.222. The molecule has 0 aromatic carbocycles. The lowest BCUT2D eigenvalue weighted by atomic mass is 10.0. The Morgan fingerprint density at radius 2 is 1.21 bits per heavy atom. The van der Waals surface area contributed by atoms with Gasteiger partial charge in [0.1, 0.15) is 0 Å². The molecule has 6 heteroatoms. The third-order valence-electron chi connectivity index (χ3n) is 1.94. The summed E-state index contributed by atoms with van der Waals surface area (Å²) in [7, 11) is -9.19. The first-order chi connectivity index (χ1) is 5.97. The molecule has 0 fully saturated rings. The van der Waals surface area contributed by atoms with Crippen molar-refractivity contribution in [3.8, 4) is 0 Å². The second kappa shape index (κ2) is 3.54. The van der Waals surface area contributed by atoms with Crippen LogP contribution in [-0.4, -0.2) is 5.75 Å². The van der Waals surface area contributed by atoms with Gasteiger partial charge in [0, 0.05) is 0 Å². The molecule has 0 saturated carbocycles. The molecule has 0 radical (unpaired) electrons. The van der Waals surface area contributed by atoms with Crippen LogP contribution in [0.2, 0.25) is 0 Å². The fraction of sp³-hybridized carbons (Fsp3) is 1.00. The minimum atomic E-state index is -9.19. The van der Waals surface area contributed by atoms with Crippen molar-refractivity contribution < 1.29 is 19.4 Å². The Bertz CT molecular complexity index is 175. The standard InChI is InChI=1S/C8H17F5S/c1-3-5-8(6-4-2)7-14(9,10,11,12)13/h8H,3-7H2,1-2H3. The molecule has 0 bridgehead atoms. The van der Waals surface area contributed by atoms with E-state index in [4.69, 9.17) is 0 Å². The maximum Gasteiger partial charge on any atom is 0.286 e. The topological polar surface area (TPSA) is 0 Å². The Kier molecular flexibility index (Phi) is 3.54. The highest BCUT2D eigenvalue weighted by Crippen LogP contribution is 2.98. The van der Waals surface area contributed by atoms with E-state index in [1.807, 2.05) is 0 Å². The van der Waals surface area contributed by atoms with E-state index in [1.54, 1.807) is 13.8 Å². The second-order valence-electron chi connectivity index (χ2n) is 3.74. The van der Waals surface area contributed by atoms with Gasteiger partial charge in [0.2, 0.25) is 0 Å². The Labute approximate surface area is 81.6 Å². The van der Waals surface area contributed by atoms with Crippen LogP contribution in [0.1, 0.15) is 39.5 Å².